The second-order valence-corrected chi connectivity index (χ2v) is 39.6. The third-order valence-corrected chi connectivity index (χ3v) is 28.2. The Labute approximate surface area is 808 Å². The Kier molecular flexibility index (Phi) is 41.3. The number of aromatic nitrogens is 3. The molecule has 1 unspecified atom stereocenters. The van der Waals surface area contributed by atoms with Crippen LogP contribution in [0.1, 0.15) is 227 Å². The van der Waals surface area contributed by atoms with Crippen molar-refractivity contribution in [3.8, 4) is 11.8 Å². The summed E-state index contributed by atoms with van der Waals surface area (Å²) < 4.78 is 54.4. The number of aryl methyl sites for hydroxylation is 2. The maximum absolute atomic E-state index is 15.0. The van der Waals surface area contributed by atoms with Crippen LogP contribution >= 0.6 is 0 Å². The quantitative estimate of drug-likeness (QED) is 0.00576. The number of quaternary nitrogens is 1. The van der Waals surface area contributed by atoms with Gasteiger partial charge in [-0.1, -0.05) is 127 Å². The number of nitrogens with zero attached hydrogens (tertiary/aromatic N) is 5. The van der Waals surface area contributed by atoms with E-state index in [2.05, 4.69) is 119 Å². The molecule has 5 aromatic rings. The molecule has 6 aliphatic rings. The maximum Gasteiger partial charge on any atom is 0.246 e. The van der Waals surface area contributed by atoms with Crippen LogP contribution in [0, 0.1) is 40.4 Å². The number of ether oxygens (including phenoxy) is 9. The highest BCUT2D eigenvalue weighted by atomic mass is 16.6. The van der Waals surface area contributed by atoms with E-state index in [0.29, 0.717) is 140 Å². The average molecular weight is 1900 g/mol. The van der Waals surface area contributed by atoms with Gasteiger partial charge in [-0.05, 0) is 196 Å². The third-order valence-electron chi connectivity index (χ3n) is 28.2. The molecule has 11 rings (SSSR count). The zero-order chi connectivity index (χ0) is 98.0. The second-order valence-electron chi connectivity index (χ2n) is 39.6. The number of nitrogens with two attached hydrogens (primary N) is 1. The van der Waals surface area contributed by atoms with Crippen molar-refractivity contribution in [3.05, 3.63) is 135 Å². The summed E-state index contributed by atoms with van der Waals surface area (Å²) in [6.45, 7) is 21.1. The summed E-state index contributed by atoms with van der Waals surface area (Å²) in [7, 11) is 6.24. The molecule has 0 radical (unpaired) electrons. The van der Waals surface area contributed by atoms with E-state index in [1.54, 1.807) is 25.7 Å². The predicted molar refractivity (Wildman–Crippen MR) is 519 cm³/mol. The Bertz CT molecular complexity index is 4930. The first-order chi connectivity index (χ1) is 65.9. The molecular weight excluding hydrogens is 1750 g/mol. The number of hydrogen-bond acceptors (Lipinski definition) is 22. The van der Waals surface area contributed by atoms with Crippen molar-refractivity contribution < 1.29 is 95.1 Å². The number of carbonyl (C=O) groups is 10. The van der Waals surface area contributed by atoms with Crippen LogP contribution in [0.3, 0.4) is 0 Å². The second kappa shape index (κ2) is 52.8. The van der Waals surface area contributed by atoms with Crippen molar-refractivity contribution in [1.29, 1.82) is 0 Å². The molecule has 4 aromatic carbocycles. The van der Waals surface area contributed by atoms with Crippen LogP contribution in [0.2, 0.25) is 0 Å². The smallest absolute Gasteiger partial charge is 0.246 e. The monoisotopic (exact) mass is 1900 g/mol. The van der Waals surface area contributed by atoms with Gasteiger partial charge in [0, 0.05) is 61.3 Å². The number of likely N-dealkylation sites (N-methyl/N-ethyl adjacent to an activating group) is 1. The molecule has 0 saturated heterocycles. The minimum absolute atomic E-state index is 0.00766. The van der Waals surface area contributed by atoms with E-state index in [0.717, 1.165) is 115 Å². The van der Waals surface area contributed by atoms with E-state index in [4.69, 9.17) is 48.4 Å². The number of hydrogen-bond donors (Lipinski definition) is 9. The summed E-state index contributed by atoms with van der Waals surface area (Å²) >= 11 is 0. The molecule has 33 heteroatoms. The van der Waals surface area contributed by atoms with Crippen LogP contribution in [0.15, 0.2) is 84.9 Å². The molecule has 1 aliphatic heterocycles. The van der Waals surface area contributed by atoms with E-state index in [1.165, 1.54) is 11.1 Å². The first-order valence-corrected chi connectivity index (χ1v) is 49.7. The molecule has 2 heterocycles. The van der Waals surface area contributed by atoms with Gasteiger partial charge in [-0.15, -0.1) is 5.10 Å². The van der Waals surface area contributed by atoms with Crippen LogP contribution in [0.4, 0.5) is 17.1 Å². The van der Waals surface area contributed by atoms with Crippen LogP contribution < -0.4 is 53.2 Å². The lowest BCUT2D eigenvalue weighted by molar-refractivity contribution is -0.869. The normalized spacial score (nSPS) is 21.0. The van der Waals surface area contributed by atoms with Gasteiger partial charge < -0.3 is 95.0 Å². The summed E-state index contributed by atoms with van der Waals surface area (Å²) in [5.41, 5.74) is 14.8. The number of anilines is 3. The van der Waals surface area contributed by atoms with E-state index < -0.39 is 70.0 Å². The Morgan fingerprint density at radius 1 is 0.511 bits per heavy atom. The van der Waals surface area contributed by atoms with E-state index in [1.807, 2.05) is 84.4 Å². The Morgan fingerprint density at radius 3 is 1.70 bits per heavy atom. The minimum Gasteiger partial charge on any atom is -0.399 e. The molecular formula is C104H151N14O19+. The summed E-state index contributed by atoms with van der Waals surface area (Å²) in [4.78, 5) is 140. The molecule has 33 nitrogen and oxygen atoms in total. The fraction of sp³-hybridized carbons (Fsp3) is 0.635. The standard InChI is InChI=1S/C104H150N14O19/c1-72(2)94(98(126)109-73(3)96(124)110-80-36-32-76-34-38-88-102(5,82(76)69-80)44-21-46-104(88,7)100(128)113-99(127)103(6)45-20-43-101(4)81-68-79(105)35-31-75(81)33-37-87(101)103)112-97(125)83(111-91(121)42-53-130-57-61-134-64-66-135-62-58-131-54-49-108-89(119)39-40-93(123)116-70-78-24-15-14-22-74(78)29-30-77-23-16-17-26-84(77)116)25-18-19-47-106-92(122)71-137-86-28-13-11-12-27-85-95(86)114-115-117(85)50-55-132-59-63-136-67-65-133-60-56-129-52-41-90(120)107-48-51-118(8,9)10/h14-17,22-24,26,31-32,35-36,68-69,72-73,83,86-88,94H,11-13,18-21,25,27-28,33-34,37-67,70-71,105H2,1-10H3,(H7-,106,107,108,109,110,111,112,113,119,120,121,122,124,125,126,127,128)/p+1/t73-,83+,86?,87+,88+,94-,101+,102+,103-,104-/m0/s1. The van der Waals surface area contributed by atoms with E-state index in [-0.39, 0.29) is 151 Å². The van der Waals surface area contributed by atoms with Crippen LogP contribution in [-0.2, 0) is 134 Å². The number of benzene rings is 4. The number of unbranched alkanes of at least 4 members (excludes halogenated alkanes) is 1. The molecule has 2 fully saturated rings. The summed E-state index contributed by atoms with van der Waals surface area (Å²) in [6, 6.07) is 24.0. The topological polar surface area (TPSA) is 410 Å². The van der Waals surface area contributed by atoms with Gasteiger partial charge in [0.25, 0.3) is 0 Å². The first kappa shape index (κ1) is 107. The van der Waals surface area contributed by atoms with E-state index in [9.17, 15) is 43.2 Å². The van der Waals surface area contributed by atoms with Gasteiger partial charge in [-0.25, -0.2) is 4.68 Å². The van der Waals surface area contributed by atoms with Gasteiger partial charge in [-0.3, -0.25) is 53.3 Å². The number of carbonyl (C=O) groups excluding carboxylic acids is 10. The van der Waals surface area contributed by atoms with Crippen molar-refractivity contribution in [1.82, 2.24) is 52.2 Å². The molecule has 1 aromatic heterocycles. The number of para-hydroxylation sites is 1. The van der Waals surface area contributed by atoms with Gasteiger partial charge >= 0.3 is 0 Å². The van der Waals surface area contributed by atoms with Crippen molar-refractivity contribution >= 4 is 76.1 Å². The van der Waals surface area contributed by atoms with Gasteiger partial charge in [0.1, 0.15) is 36.5 Å². The number of nitrogens with one attached hydrogen (secondary N) is 8. The number of rotatable bonds is 54. The minimum atomic E-state index is -1.14. The van der Waals surface area contributed by atoms with Gasteiger partial charge in [-0.2, -0.15) is 0 Å². The van der Waals surface area contributed by atoms with Gasteiger partial charge in [0.2, 0.25) is 59.1 Å². The molecule has 750 valence electrons. The lowest BCUT2D eigenvalue weighted by Gasteiger charge is -2.56. The number of fused-ring (bicyclic) bond motifs is 9. The third kappa shape index (κ3) is 30.9. The molecule has 2 saturated carbocycles. The highest BCUT2D eigenvalue weighted by Crippen LogP contribution is 2.60. The lowest BCUT2D eigenvalue weighted by Crippen LogP contribution is -2.60. The highest BCUT2D eigenvalue weighted by molar-refractivity contribution is 6.02. The molecule has 10 amide bonds. The predicted octanol–water partition coefficient (Wildman–Crippen LogP) is 9.03. The molecule has 137 heavy (non-hydrogen) atoms. The SMILES string of the molecule is CC(C)[C@H](NC(=O)[C@@H](CCCCNC(=O)COC1CCCCCc2c1nnn2CCOCCOCCOCCOCCC(=O)NCC[N+](C)(C)C)NC(=O)CCOCCOCCOCCOCCNC(=O)CCC(=O)N1Cc2ccccc2C#Cc2ccccc21)C(=O)N[C@@H](C)C(=O)Nc1ccc2c(c1)[C@@]1(C)CCC[C@](C)(C(=O)NC(=O)[C@@]3(C)CCC[C@]4(C)c5cc(N)ccc5CC[C@@H]34)[C@@H]1CC2. The van der Waals surface area contributed by atoms with Gasteiger partial charge in [0.05, 0.1) is 175 Å². The first-order valence-electron chi connectivity index (χ1n) is 49.7. The molecule has 0 spiro atoms. The van der Waals surface area contributed by atoms with Crippen LogP contribution in [-0.4, -0.2) is 256 Å². The molecule has 0 bridgehead atoms. The number of nitrogen functional groups attached to an aromatic ring is 1. The molecule has 10 N–H and O–H groups in total. The van der Waals surface area contributed by atoms with Crippen molar-refractivity contribution in [2.45, 2.75) is 238 Å². The van der Waals surface area contributed by atoms with Crippen LogP contribution in [0.5, 0.6) is 0 Å². The van der Waals surface area contributed by atoms with Crippen molar-refractivity contribution in [2.75, 3.05) is 176 Å². The fourth-order valence-electron chi connectivity index (χ4n) is 20.5. The summed E-state index contributed by atoms with van der Waals surface area (Å²) in [6.07, 6.45) is 12.8. The van der Waals surface area contributed by atoms with Crippen molar-refractivity contribution in [2.24, 2.45) is 28.6 Å². The van der Waals surface area contributed by atoms with E-state index >= 15 is 4.79 Å². The largest absolute Gasteiger partial charge is 0.399 e. The molecule has 5 aliphatic carbocycles. The average Bonchev–Trinajstić information content (AvgIpc) is 1.14. The Balaban J connectivity index is 0.609. The number of imide groups is 1. The zero-order valence-electron chi connectivity index (χ0n) is 82.5. The number of amides is 10. The summed E-state index contributed by atoms with van der Waals surface area (Å²) in [5.74, 6) is 2.42. The van der Waals surface area contributed by atoms with Crippen molar-refractivity contribution in [3.63, 3.8) is 0 Å². The van der Waals surface area contributed by atoms with Crippen LogP contribution in [0.25, 0.3) is 0 Å². The molecule has 10 atom stereocenters. The highest BCUT2D eigenvalue weighted by Gasteiger charge is 2.59. The summed E-state index contributed by atoms with van der Waals surface area (Å²) in [5, 5.41) is 32.4. The zero-order valence-corrected chi connectivity index (χ0v) is 82.5. The van der Waals surface area contributed by atoms with Gasteiger partial charge in [0.15, 0.2) is 0 Å². The lowest BCUT2D eigenvalue weighted by atomic mass is 9.49. The maximum atomic E-state index is 15.0. The Morgan fingerprint density at radius 2 is 1.07 bits per heavy atom. The Hall–Kier alpha value is -10.1. The fourth-order valence-corrected chi connectivity index (χ4v) is 20.5.